The second-order valence-electron chi connectivity index (χ2n) is 5.16. The molecule has 0 unspecified atom stereocenters. The van der Waals surface area contributed by atoms with Crippen molar-refractivity contribution in [1.82, 2.24) is 15.1 Å². The van der Waals surface area contributed by atoms with E-state index >= 15 is 0 Å². The van der Waals surface area contributed by atoms with Gasteiger partial charge in [-0.25, -0.2) is 4.68 Å². The Bertz CT molecular complexity index is 672. The molecule has 116 valence electrons. The van der Waals surface area contributed by atoms with Crippen molar-refractivity contribution in [3.63, 3.8) is 0 Å². The Morgan fingerprint density at radius 3 is 3.00 bits per heavy atom. The summed E-state index contributed by atoms with van der Waals surface area (Å²) >= 11 is 0. The zero-order valence-electron chi connectivity index (χ0n) is 11.7. The number of amides is 1. The van der Waals surface area contributed by atoms with Gasteiger partial charge in [-0.05, 0) is 24.1 Å². The summed E-state index contributed by atoms with van der Waals surface area (Å²) in [4.78, 5) is 11.9. The molecule has 1 aliphatic heterocycles. The highest BCUT2D eigenvalue weighted by atomic mass is 19.3. The zero-order valence-corrected chi connectivity index (χ0v) is 11.7. The summed E-state index contributed by atoms with van der Waals surface area (Å²) in [7, 11) is 0. The number of alkyl halides is 2. The first kappa shape index (κ1) is 14.5. The fraction of sp³-hybridized carbons (Fsp3) is 0.333. The van der Waals surface area contributed by atoms with Gasteiger partial charge in [0.05, 0.1) is 6.61 Å². The first-order valence-electron chi connectivity index (χ1n) is 6.95. The number of nitrogens with one attached hydrogen (secondary N) is 1. The lowest BCUT2D eigenvalue weighted by molar-refractivity contribution is 0.0559. The van der Waals surface area contributed by atoms with Crippen molar-refractivity contribution in [1.29, 1.82) is 0 Å². The van der Waals surface area contributed by atoms with Gasteiger partial charge in [0.1, 0.15) is 11.4 Å². The number of carbonyl (C=O) groups excluding carboxylic acids is 1. The zero-order chi connectivity index (χ0) is 15.5. The van der Waals surface area contributed by atoms with Gasteiger partial charge in [0.15, 0.2) is 0 Å². The summed E-state index contributed by atoms with van der Waals surface area (Å²) in [6.45, 7) is -1.82. The number of aromatic nitrogens is 2. The van der Waals surface area contributed by atoms with Crippen molar-refractivity contribution in [2.24, 2.45) is 5.92 Å². The summed E-state index contributed by atoms with van der Waals surface area (Å²) < 4.78 is 30.9. The van der Waals surface area contributed by atoms with Crippen molar-refractivity contribution in [3.05, 3.63) is 47.8 Å². The van der Waals surface area contributed by atoms with E-state index in [-0.39, 0.29) is 11.6 Å². The van der Waals surface area contributed by atoms with Gasteiger partial charge in [-0.15, -0.1) is 0 Å². The molecule has 7 heteroatoms. The van der Waals surface area contributed by atoms with E-state index < -0.39 is 12.5 Å². The fourth-order valence-corrected chi connectivity index (χ4v) is 2.42. The number of fused-ring (bicyclic) bond motifs is 1. The molecule has 1 aliphatic rings. The van der Waals surface area contributed by atoms with Crippen molar-refractivity contribution < 1.29 is 18.3 Å². The van der Waals surface area contributed by atoms with Crippen LogP contribution in [0.1, 0.15) is 22.6 Å². The van der Waals surface area contributed by atoms with Crippen molar-refractivity contribution >= 4 is 5.91 Å². The Hall–Kier alpha value is -2.44. The third-order valence-corrected chi connectivity index (χ3v) is 3.55. The molecule has 0 saturated heterocycles. The first-order valence-corrected chi connectivity index (χ1v) is 6.95. The number of halogens is 2. The predicted octanol–water partition coefficient (Wildman–Crippen LogP) is 2.26. The number of hydrogen-bond acceptors (Lipinski definition) is 3. The first-order chi connectivity index (χ1) is 10.6. The van der Waals surface area contributed by atoms with E-state index in [2.05, 4.69) is 10.4 Å². The van der Waals surface area contributed by atoms with Gasteiger partial charge in [-0.1, -0.05) is 18.2 Å². The van der Waals surface area contributed by atoms with Crippen molar-refractivity contribution in [3.8, 4) is 5.75 Å². The van der Waals surface area contributed by atoms with Crippen LogP contribution in [0.15, 0.2) is 36.5 Å². The molecule has 1 atom stereocenters. The molecule has 2 aromatic rings. The number of carbonyl (C=O) groups is 1. The molecule has 1 amide bonds. The lowest BCUT2D eigenvalue weighted by Gasteiger charge is -2.25. The molecule has 0 fully saturated rings. The van der Waals surface area contributed by atoms with Gasteiger partial charge < -0.3 is 10.1 Å². The van der Waals surface area contributed by atoms with Crippen LogP contribution in [-0.2, 0) is 6.42 Å². The van der Waals surface area contributed by atoms with Crippen LogP contribution in [0.25, 0.3) is 0 Å². The third-order valence-electron chi connectivity index (χ3n) is 3.55. The second-order valence-corrected chi connectivity index (χ2v) is 5.16. The molecule has 5 nitrogen and oxygen atoms in total. The largest absolute Gasteiger partial charge is 0.493 e. The summed E-state index contributed by atoms with van der Waals surface area (Å²) in [5.41, 5.74) is 1.09. The summed E-state index contributed by atoms with van der Waals surface area (Å²) in [5.74, 6) is 0.565. The van der Waals surface area contributed by atoms with E-state index in [1.54, 1.807) is 0 Å². The van der Waals surface area contributed by atoms with Gasteiger partial charge in [0.25, 0.3) is 5.91 Å². The summed E-state index contributed by atoms with van der Waals surface area (Å²) in [6, 6.07) is 9.04. The van der Waals surface area contributed by atoms with Crippen LogP contribution in [0.4, 0.5) is 8.78 Å². The van der Waals surface area contributed by atoms with E-state index in [1.165, 1.54) is 6.07 Å². The van der Waals surface area contributed by atoms with Crippen molar-refractivity contribution in [2.45, 2.75) is 13.0 Å². The quantitative estimate of drug-likeness (QED) is 0.942. The normalized spacial score (nSPS) is 17.0. The number of rotatable bonds is 4. The van der Waals surface area contributed by atoms with Crippen LogP contribution in [0.3, 0.4) is 0 Å². The van der Waals surface area contributed by atoms with Crippen LogP contribution in [-0.4, -0.2) is 28.8 Å². The Morgan fingerprint density at radius 2 is 2.23 bits per heavy atom. The molecule has 22 heavy (non-hydrogen) atoms. The van der Waals surface area contributed by atoms with Gasteiger partial charge in [-0.2, -0.15) is 13.9 Å². The van der Waals surface area contributed by atoms with E-state index in [0.29, 0.717) is 17.8 Å². The highest BCUT2D eigenvalue weighted by Gasteiger charge is 2.21. The minimum absolute atomic E-state index is 0.0163. The molecule has 0 aliphatic carbocycles. The van der Waals surface area contributed by atoms with Crippen molar-refractivity contribution in [2.75, 3.05) is 13.2 Å². The van der Waals surface area contributed by atoms with Gasteiger partial charge in [0.2, 0.25) is 0 Å². The Kier molecular flexibility index (Phi) is 4.04. The predicted molar refractivity (Wildman–Crippen MR) is 74.9 cm³/mol. The van der Waals surface area contributed by atoms with E-state index in [9.17, 15) is 13.6 Å². The van der Waals surface area contributed by atoms with Crippen LogP contribution >= 0.6 is 0 Å². The monoisotopic (exact) mass is 307 g/mol. The fourth-order valence-electron chi connectivity index (χ4n) is 2.42. The minimum atomic E-state index is -2.75. The average Bonchev–Trinajstić information content (AvgIpc) is 3.03. The molecule has 3 rings (SSSR count). The Labute approximate surface area is 125 Å². The number of hydrogen-bond donors (Lipinski definition) is 1. The van der Waals surface area contributed by atoms with Gasteiger partial charge in [0, 0.05) is 18.7 Å². The molecular weight excluding hydrogens is 292 g/mol. The van der Waals surface area contributed by atoms with Crippen LogP contribution < -0.4 is 10.1 Å². The Balaban J connectivity index is 1.55. The van der Waals surface area contributed by atoms with Gasteiger partial charge in [-0.3, -0.25) is 4.79 Å². The maximum Gasteiger partial charge on any atom is 0.333 e. The smallest absolute Gasteiger partial charge is 0.333 e. The van der Waals surface area contributed by atoms with Crippen LogP contribution in [0, 0.1) is 5.92 Å². The van der Waals surface area contributed by atoms with E-state index in [4.69, 9.17) is 4.74 Å². The summed E-state index contributed by atoms with van der Waals surface area (Å²) in [6.07, 6.45) is 1.89. The third kappa shape index (κ3) is 3.08. The molecule has 0 radical (unpaired) electrons. The molecule has 0 spiro atoms. The molecule has 2 heterocycles. The SMILES string of the molecule is O=C(NC[C@@H]1COc2ccccc2C1)c1ccn(C(F)F)n1. The number of ether oxygens (including phenoxy) is 1. The van der Waals surface area contributed by atoms with Gasteiger partial charge >= 0.3 is 6.55 Å². The molecular formula is C15H15F2N3O2. The average molecular weight is 307 g/mol. The number of para-hydroxylation sites is 1. The van der Waals surface area contributed by atoms with Crippen LogP contribution in [0.2, 0.25) is 0 Å². The van der Waals surface area contributed by atoms with Crippen LogP contribution in [0.5, 0.6) is 5.75 Å². The number of benzene rings is 1. The lowest BCUT2D eigenvalue weighted by Crippen LogP contribution is -2.35. The lowest BCUT2D eigenvalue weighted by atomic mass is 9.97. The molecule has 0 saturated carbocycles. The maximum atomic E-state index is 12.4. The number of nitrogens with zero attached hydrogens (tertiary/aromatic N) is 2. The molecule has 1 aromatic heterocycles. The summed E-state index contributed by atoms with van der Waals surface area (Å²) in [5, 5.41) is 6.24. The van der Waals surface area contributed by atoms with E-state index in [0.717, 1.165) is 23.9 Å². The molecule has 1 N–H and O–H groups in total. The standard InChI is InChI=1S/C15H15F2N3O2/c16-15(17)20-6-5-12(19-20)14(21)18-8-10-7-11-3-1-2-4-13(11)22-9-10/h1-6,10,15H,7-9H2,(H,18,21)/t10-/m1/s1. The molecule has 1 aromatic carbocycles. The molecule has 0 bridgehead atoms. The topological polar surface area (TPSA) is 56.1 Å². The highest BCUT2D eigenvalue weighted by Crippen LogP contribution is 2.26. The maximum absolute atomic E-state index is 12.4. The highest BCUT2D eigenvalue weighted by molar-refractivity contribution is 5.92. The second kappa shape index (κ2) is 6.13. The Morgan fingerprint density at radius 1 is 1.41 bits per heavy atom. The van der Waals surface area contributed by atoms with E-state index in [1.807, 2.05) is 24.3 Å². The minimum Gasteiger partial charge on any atom is -0.493 e.